The number of methoxy groups -OCH3 is 1. The molecule has 2 aromatic heterocycles. The Balaban J connectivity index is 1.68. The number of benzene rings is 1. The highest BCUT2D eigenvalue weighted by atomic mass is 32.2. The van der Waals surface area contributed by atoms with E-state index in [1.807, 2.05) is 24.3 Å². The molecule has 1 aliphatic heterocycles. The molecule has 8 heteroatoms. The van der Waals surface area contributed by atoms with Crippen molar-refractivity contribution >= 4 is 21.4 Å². The molecule has 0 atom stereocenters. The van der Waals surface area contributed by atoms with E-state index in [1.54, 1.807) is 23.9 Å². The number of rotatable bonds is 4. The van der Waals surface area contributed by atoms with Gasteiger partial charge in [0.05, 0.1) is 17.7 Å². The Morgan fingerprint density at radius 3 is 2.72 bits per heavy atom. The van der Waals surface area contributed by atoms with Gasteiger partial charge >= 0.3 is 0 Å². The fourth-order valence-electron chi connectivity index (χ4n) is 3.01. The third-order valence-electron chi connectivity index (χ3n) is 4.39. The summed E-state index contributed by atoms with van der Waals surface area (Å²) in [6.07, 6.45) is 0.627. The first-order valence-corrected chi connectivity index (χ1v) is 10.2. The quantitative estimate of drug-likeness (QED) is 0.761. The van der Waals surface area contributed by atoms with Crippen molar-refractivity contribution in [1.29, 1.82) is 0 Å². The molecule has 6 nitrogen and oxygen atoms in total. The summed E-state index contributed by atoms with van der Waals surface area (Å²) in [6, 6.07) is 9.26. The van der Waals surface area contributed by atoms with E-state index in [4.69, 9.17) is 4.74 Å². The van der Waals surface area contributed by atoms with Gasteiger partial charge in [0.25, 0.3) is 0 Å². The lowest BCUT2D eigenvalue weighted by atomic mass is 10.0. The second-order valence-electron chi connectivity index (χ2n) is 5.81. The van der Waals surface area contributed by atoms with Gasteiger partial charge in [0.2, 0.25) is 10.0 Å². The van der Waals surface area contributed by atoms with Crippen LogP contribution < -0.4 is 4.74 Å². The number of sulfonamides is 1. The van der Waals surface area contributed by atoms with Crippen LogP contribution in [-0.2, 0) is 23.0 Å². The van der Waals surface area contributed by atoms with Crippen molar-refractivity contribution in [2.45, 2.75) is 17.9 Å². The van der Waals surface area contributed by atoms with Gasteiger partial charge in [-0.05, 0) is 35.7 Å². The highest BCUT2D eigenvalue weighted by Gasteiger charge is 2.31. The van der Waals surface area contributed by atoms with Gasteiger partial charge in [0, 0.05) is 41.7 Å². The Morgan fingerprint density at radius 2 is 2.04 bits per heavy atom. The number of aromatic amines is 1. The average Bonchev–Trinajstić information content (AvgIpc) is 3.31. The maximum absolute atomic E-state index is 12.8. The number of ether oxygens (including phenoxy) is 1. The largest absolute Gasteiger partial charge is 0.497 e. The highest BCUT2D eigenvalue weighted by molar-refractivity contribution is 7.89. The summed E-state index contributed by atoms with van der Waals surface area (Å²) in [6.45, 7) is 0.779. The van der Waals surface area contributed by atoms with Gasteiger partial charge < -0.3 is 4.74 Å². The molecule has 0 bridgehead atoms. The van der Waals surface area contributed by atoms with Crippen molar-refractivity contribution in [3.05, 3.63) is 52.3 Å². The van der Waals surface area contributed by atoms with Crippen molar-refractivity contribution in [1.82, 2.24) is 14.5 Å². The van der Waals surface area contributed by atoms with Crippen LogP contribution in [0.25, 0.3) is 11.3 Å². The van der Waals surface area contributed by atoms with Crippen LogP contribution in [0, 0.1) is 0 Å². The Labute approximate surface area is 150 Å². The zero-order chi connectivity index (χ0) is 17.4. The molecule has 0 fully saturated rings. The molecule has 0 amide bonds. The zero-order valence-electron chi connectivity index (χ0n) is 13.6. The molecule has 3 heterocycles. The summed E-state index contributed by atoms with van der Waals surface area (Å²) >= 11 is 1.39. The third-order valence-corrected chi connectivity index (χ3v) is 7.07. The van der Waals surface area contributed by atoms with E-state index in [-0.39, 0.29) is 0 Å². The molecule has 0 spiro atoms. The number of aromatic nitrogens is 2. The second-order valence-corrected chi connectivity index (χ2v) is 8.52. The molecule has 1 aliphatic rings. The fourth-order valence-corrected chi connectivity index (χ4v) is 5.44. The van der Waals surface area contributed by atoms with Gasteiger partial charge in [-0.25, -0.2) is 8.42 Å². The van der Waals surface area contributed by atoms with Crippen LogP contribution in [0.3, 0.4) is 0 Å². The first-order chi connectivity index (χ1) is 12.1. The van der Waals surface area contributed by atoms with E-state index in [0.29, 0.717) is 24.4 Å². The van der Waals surface area contributed by atoms with Gasteiger partial charge in [-0.3, -0.25) is 5.10 Å². The molecule has 130 valence electrons. The predicted molar refractivity (Wildman–Crippen MR) is 96.2 cm³/mol. The molecule has 4 rings (SSSR count). The van der Waals surface area contributed by atoms with Gasteiger partial charge in [0.1, 0.15) is 5.75 Å². The van der Waals surface area contributed by atoms with Crippen LogP contribution in [0.2, 0.25) is 0 Å². The first kappa shape index (κ1) is 16.3. The summed E-state index contributed by atoms with van der Waals surface area (Å²) in [7, 11) is -1.84. The number of H-pyrrole nitrogens is 1. The van der Waals surface area contributed by atoms with Crippen molar-refractivity contribution in [2.75, 3.05) is 13.7 Å². The standard InChI is InChI=1S/C17H17N3O3S2/c1-23-13-4-2-12(3-5-13)17-15-10-20(8-6-16(15)18-19-17)25(21,22)14-7-9-24-11-14/h2-5,7,9,11H,6,8,10H2,1H3,(H,18,19). The van der Waals surface area contributed by atoms with Crippen LogP contribution >= 0.6 is 11.3 Å². The minimum atomic E-state index is -3.47. The van der Waals surface area contributed by atoms with Gasteiger partial charge in [0.15, 0.2) is 0 Å². The number of hydrogen-bond donors (Lipinski definition) is 1. The second kappa shape index (κ2) is 6.29. The molecule has 0 aliphatic carbocycles. The summed E-state index contributed by atoms with van der Waals surface area (Å²) in [5.74, 6) is 0.773. The van der Waals surface area contributed by atoms with E-state index in [9.17, 15) is 8.42 Å². The van der Waals surface area contributed by atoms with Gasteiger partial charge in [-0.15, -0.1) is 0 Å². The Kier molecular flexibility index (Phi) is 4.10. The van der Waals surface area contributed by atoms with E-state index >= 15 is 0 Å². The number of nitrogens with one attached hydrogen (secondary N) is 1. The summed E-state index contributed by atoms with van der Waals surface area (Å²) in [5, 5.41) is 10.9. The molecule has 0 saturated heterocycles. The highest BCUT2D eigenvalue weighted by Crippen LogP contribution is 2.32. The zero-order valence-corrected chi connectivity index (χ0v) is 15.2. The number of thiophene rings is 1. The Bertz CT molecular complexity index is 977. The number of fused-ring (bicyclic) bond motifs is 1. The van der Waals surface area contributed by atoms with Crippen LogP contribution in [0.1, 0.15) is 11.3 Å². The average molecular weight is 375 g/mol. The monoisotopic (exact) mass is 375 g/mol. The molecule has 25 heavy (non-hydrogen) atoms. The fraction of sp³-hybridized carbons (Fsp3) is 0.235. The van der Waals surface area contributed by atoms with E-state index in [2.05, 4.69) is 10.2 Å². The van der Waals surface area contributed by atoms with Gasteiger partial charge in [-0.1, -0.05) is 0 Å². The molecule has 0 radical (unpaired) electrons. The van der Waals surface area contributed by atoms with Crippen LogP contribution in [0.5, 0.6) is 5.75 Å². The maximum Gasteiger partial charge on any atom is 0.244 e. The normalized spacial score (nSPS) is 15.1. The minimum absolute atomic E-state index is 0.325. The van der Waals surface area contributed by atoms with Crippen LogP contribution in [-0.4, -0.2) is 36.6 Å². The Hall–Kier alpha value is -2.16. The summed E-state index contributed by atoms with van der Waals surface area (Å²) in [4.78, 5) is 0.357. The van der Waals surface area contributed by atoms with Crippen molar-refractivity contribution in [3.63, 3.8) is 0 Å². The maximum atomic E-state index is 12.8. The molecular formula is C17H17N3O3S2. The number of nitrogens with zero attached hydrogens (tertiary/aromatic N) is 2. The molecule has 3 aromatic rings. The first-order valence-electron chi connectivity index (χ1n) is 7.82. The van der Waals surface area contributed by atoms with E-state index in [0.717, 1.165) is 28.3 Å². The van der Waals surface area contributed by atoms with Crippen LogP contribution in [0.15, 0.2) is 46.0 Å². The van der Waals surface area contributed by atoms with E-state index in [1.165, 1.54) is 15.6 Å². The molecule has 0 unspecified atom stereocenters. The SMILES string of the molecule is COc1ccc(-c2n[nH]c3c2CN(S(=O)(=O)c2ccsc2)CC3)cc1. The summed E-state index contributed by atoms with van der Waals surface area (Å²) in [5.41, 5.74) is 3.67. The lowest BCUT2D eigenvalue weighted by molar-refractivity contribution is 0.390. The Morgan fingerprint density at radius 1 is 1.24 bits per heavy atom. The van der Waals surface area contributed by atoms with Gasteiger partial charge in [-0.2, -0.15) is 20.7 Å². The summed E-state index contributed by atoms with van der Waals surface area (Å²) < 4.78 is 32.3. The molecular weight excluding hydrogens is 358 g/mol. The smallest absolute Gasteiger partial charge is 0.244 e. The third kappa shape index (κ3) is 2.86. The molecule has 1 aromatic carbocycles. The lowest BCUT2D eigenvalue weighted by Gasteiger charge is -2.26. The molecule has 0 saturated carbocycles. The van der Waals surface area contributed by atoms with Crippen LogP contribution in [0.4, 0.5) is 0 Å². The lowest BCUT2D eigenvalue weighted by Crippen LogP contribution is -2.35. The topological polar surface area (TPSA) is 75.3 Å². The number of hydrogen-bond acceptors (Lipinski definition) is 5. The molecule has 1 N–H and O–H groups in total. The minimum Gasteiger partial charge on any atom is -0.497 e. The van der Waals surface area contributed by atoms with Crippen molar-refractivity contribution in [2.24, 2.45) is 0 Å². The van der Waals surface area contributed by atoms with Crippen molar-refractivity contribution in [3.8, 4) is 17.0 Å². The predicted octanol–water partition coefficient (Wildman–Crippen LogP) is 2.89. The van der Waals surface area contributed by atoms with E-state index < -0.39 is 10.0 Å². The van der Waals surface area contributed by atoms with Crippen molar-refractivity contribution < 1.29 is 13.2 Å².